The first-order valence-electron chi connectivity index (χ1n) is 5.29. The van der Waals surface area contributed by atoms with Crippen molar-refractivity contribution in [3.63, 3.8) is 0 Å². The van der Waals surface area contributed by atoms with Crippen LogP contribution in [0.5, 0.6) is 0 Å². The van der Waals surface area contributed by atoms with Crippen LogP contribution in [0.1, 0.15) is 12.8 Å². The number of pyridine rings is 1. The lowest BCUT2D eigenvalue weighted by Crippen LogP contribution is -2.39. The van der Waals surface area contributed by atoms with Crippen LogP contribution in [0.4, 0.5) is 5.82 Å². The molecule has 0 amide bonds. The normalized spacial score (nSPS) is 21.2. The van der Waals surface area contributed by atoms with Gasteiger partial charge in [-0.2, -0.15) is 0 Å². The average molecular weight is 306 g/mol. The summed E-state index contributed by atoms with van der Waals surface area (Å²) >= 11 is 9.53. The maximum absolute atomic E-state index is 6.18. The maximum Gasteiger partial charge on any atom is 0.147 e. The van der Waals surface area contributed by atoms with Gasteiger partial charge in [0.2, 0.25) is 0 Å². The molecule has 0 saturated carbocycles. The summed E-state index contributed by atoms with van der Waals surface area (Å²) in [6.07, 6.45) is 4.29. The van der Waals surface area contributed by atoms with Crippen molar-refractivity contribution in [2.75, 3.05) is 25.1 Å². The third-order valence-electron chi connectivity index (χ3n) is 2.80. The molecule has 16 heavy (non-hydrogen) atoms. The number of anilines is 1. The van der Waals surface area contributed by atoms with Gasteiger partial charge in [-0.1, -0.05) is 11.6 Å². The van der Waals surface area contributed by atoms with E-state index in [1.807, 2.05) is 6.07 Å². The zero-order chi connectivity index (χ0) is 11.5. The molecule has 0 aliphatic carbocycles. The van der Waals surface area contributed by atoms with Crippen LogP contribution in [0.3, 0.4) is 0 Å². The number of nitrogens with zero attached hydrogens (tertiary/aromatic N) is 2. The molecule has 88 valence electrons. The molecule has 1 aliphatic heterocycles. The van der Waals surface area contributed by atoms with Gasteiger partial charge in [0.05, 0.1) is 11.1 Å². The molecule has 1 atom stereocenters. The molecule has 3 nitrogen and oxygen atoms in total. The van der Waals surface area contributed by atoms with Crippen LogP contribution in [-0.2, 0) is 4.74 Å². The Labute approximate surface area is 109 Å². The van der Waals surface area contributed by atoms with Crippen LogP contribution in [0.2, 0.25) is 5.02 Å². The van der Waals surface area contributed by atoms with Crippen molar-refractivity contribution in [3.05, 3.63) is 21.8 Å². The average Bonchev–Trinajstić information content (AvgIpc) is 2.29. The van der Waals surface area contributed by atoms with E-state index in [2.05, 4.69) is 25.8 Å². The van der Waals surface area contributed by atoms with E-state index in [1.165, 1.54) is 0 Å². The molecule has 0 bridgehead atoms. The van der Waals surface area contributed by atoms with E-state index in [0.29, 0.717) is 5.02 Å². The number of rotatable bonds is 2. The zero-order valence-corrected chi connectivity index (χ0v) is 11.5. The van der Waals surface area contributed by atoms with Crippen LogP contribution in [-0.4, -0.2) is 31.3 Å². The fourth-order valence-electron chi connectivity index (χ4n) is 1.96. The van der Waals surface area contributed by atoms with Crippen molar-refractivity contribution in [2.45, 2.75) is 18.9 Å². The lowest BCUT2D eigenvalue weighted by molar-refractivity contribution is 0.0891. The van der Waals surface area contributed by atoms with Gasteiger partial charge in [-0.05, 0) is 34.8 Å². The second kappa shape index (κ2) is 5.34. The van der Waals surface area contributed by atoms with Crippen molar-refractivity contribution >= 4 is 33.3 Å². The Morgan fingerprint density at radius 1 is 1.62 bits per heavy atom. The first kappa shape index (κ1) is 12.1. The Kier molecular flexibility index (Phi) is 4.05. The summed E-state index contributed by atoms with van der Waals surface area (Å²) < 4.78 is 6.29. The molecule has 0 spiro atoms. The van der Waals surface area contributed by atoms with E-state index in [0.717, 1.165) is 36.2 Å². The molecule has 0 aromatic carbocycles. The molecule has 0 radical (unpaired) electrons. The minimum Gasteiger partial charge on any atom is -0.380 e. The van der Waals surface area contributed by atoms with E-state index in [4.69, 9.17) is 16.3 Å². The van der Waals surface area contributed by atoms with Crippen LogP contribution in [0.25, 0.3) is 0 Å². The van der Waals surface area contributed by atoms with Gasteiger partial charge >= 0.3 is 0 Å². The summed E-state index contributed by atoms with van der Waals surface area (Å²) in [5.41, 5.74) is 0. The molecule has 1 unspecified atom stereocenters. The van der Waals surface area contributed by atoms with Gasteiger partial charge in [-0.25, -0.2) is 4.98 Å². The lowest BCUT2D eigenvalue weighted by atomic mass is 10.1. The van der Waals surface area contributed by atoms with Crippen LogP contribution < -0.4 is 4.90 Å². The molecule has 2 heterocycles. The third kappa shape index (κ3) is 2.67. The number of hydrogen-bond acceptors (Lipinski definition) is 3. The summed E-state index contributed by atoms with van der Waals surface area (Å²) in [5.74, 6) is 0.853. The monoisotopic (exact) mass is 304 g/mol. The second-order valence-corrected chi connectivity index (χ2v) is 5.23. The van der Waals surface area contributed by atoms with Gasteiger partial charge < -0.3 is 9.64 Å². The molecule has 1 aliphatic rings. The summed E-state index contributed by atoms with van der Waals surface area (Å²) in [7, 11) is 1.75. The van der Waals surface area contributed by atoms with Crippen molar-refractivity contribution in [1.82, 2.24) is 4.98 Å². The molecular formula is C11H14BrClN2O. The van der Waals surface area contributed by atoms with Crippen molar-refractivity contribution < 1.29 is 4.74 Å². The molecule has 1 aromatic heterocycles. The minimum absolute atomic E-state index is 0.287. The first-order chi connectivity index (χ1) is 7.70. The van der Waals surface area contributed by atoms with Gasteiger partial charge in [0.15, 0.2) is 0 Å². The number of hydrogen-bond donors (Lipinski definition) is 0. The van der Waals surface area contributed by atoms with Gasteiger partial charge in [-0.3, -0.25) is 0 Å². The topological polar surface area (TPSA) is 25.4 Å². The molecule has 1 saturated heterocycles. The Morgan fingerprint density at radius 3 is 3.12 bits per heavy atom. The largest absolute Gasteiger partial charge is 0.380 e. The van der Waals surface area contributed by atoms with E-state index in [1.54, 1.807) is 13.3 Å². The minimum atomic E-state index is 0.287. The molecule has 5 heteroatoms. The number of piperidine rings is 1. The van der Waals surface area contributed by atoms with Gasteiger partial charge in [0.25, 0.3) is 0 Å². The summed E-state index contributed by atoms with van der Waals surface area (Å²) in [5, 5.41) is 0.686. The molecular weight excluding hydrogens is 291 g/mol. The standard InChI is InChI=1S/C11H14BrClN2O/c1-16-9-3-2-4-15(7-9)11-10(13)5-8(12)6-14-11/h5-6,9H,2-4,7H2,1H3. The van der Waals surface area contributed by atoms with Gasteiger partial charge in [0.1, 0.15) is 5.82 Å². The fraction of sp³-hybridized carbons (Fsp3) is 0.545. The predicted molar refractivity (Wildman–Crippen MR) is 69.2 cm³/mol. The zero-order valence-electron chi connectivity index (χ0n) is 9.12. The van der Waals surface area contributed by atoms with Gasteiger partial charge in [0, 0.05) is 30.9 Å². The molecule has 1 fully saturated rings. The number of aromatic nitrogens is 1. The predicted octanol–water partition coefficient (Wildman–Crippen LogP) is 3.11. The first-order valence-corrected chi connectivity index (χ1v) is 6.46. The Hall–Kier alpha value is -0.320. The maximum atomic E-state index is 6.18. The van der Waals surface area contributed by atoms with Crippen molar-refractivity contribution in [3.8, 4) is 0 Å². The molecule has 2 rings (SSSR count). The fourth-order valence-corrected chi connectivity index (χ4v) is 2.71. The highest BCUT2D eigenvalue weighted by atomic mass is 79.9. The van der Waals surface area contributed by atoms with E-state index in [9.17, 15) is 0 Å². The summed E-state index contributed by atoms with van der Waals surface area (Å²) in [6, 6.07) is 1.88. The highest BCUT2D eigenvalue weighted by molar-refractivity contribution is 9.10. The smallest absolute Gasteiger partial charge is 0.147 e. The number of methoxy groups -OCH3 is 1. The Bertz CT molecular complexity index is 375. The van der Waals surface area contributed by atoms with E-state index in [-0.39, 0.29) is 6.10 Å². The van der Waals surface area contributed by atoms with Gasteiger partial charge in [-0.15, -0.1) is 0 Å². The second-order valence-electron chi connectivity index (χ2n) is 3.90. The third-order valence-corrected chi connectivity index (χ3v) is 3.51. The summed E-state index contributed by atoms with van der Waals surface area (Å²) in [6.45, 7) is 1.86. The molecule has 0 N–H and O–H groups in total. The van der Waals surface area contributed by atoms with E-state index >= 15 is 0 Å². The number of halogens is 2. The summed E-state index contributed by atoms with van der Waals surface area (Å²) in [4.78, 5) is 6.55. The van der Waals surface area contributed by atoms with Crippen LogP contribution in [0.15, 0.2) is 16.7 Å². The molecule has 1 aromatic rings. The highest BCUT2D eigenvalue weighted by Gasteiger charge is 2.22. The highest BCUT2D eigenvalue weighted by Crippen LogP contribution is 2.28. The van der Waals surface area contributed by atoms with Crippen LogP contribution in [0, 0.1) is 0 Å². The Balaban J connectivity index is 2.16. The van der Waals surface area contributed by atoms with Crippen molar-refractivity contribution in [1.29, 1.82) is 0 Å². The Morgan fingerprint density at radius 2 is 2.44 bits per heavy atom. The SMILES string of the molecule is COC1CCCN(c2ncc(Br)cc2Cl)C1. The van der Waals surface area contributed by atoms with Crippen molar-refractivity contribution in [2.24, 2.45) is 0 Å². The number of ether oxygens (including phenoxy) is 1. The lowest BCUT2D eigenvalue weighted by Gasteiger charge is -2.33. The quantitative estimate of drug-likeness (QED) is 0.839. The van der Waals surface area contributed by atoms with Crippen LogP contribution >= 0.6 is 27.5 Å². The van der Waals surface area contributed by atoms with E-state index < -0.39 is 0 Å².